The van der Waals surface area contributed by atoms with Gasteiger partial charge in [0.05, 0.1) is 16.2 Å². The normalized spacial score (nSPS) is 15.4. The maximum absolute atomic E-state index is 4.97. The minimum Gasteiger partial charge on any atom is -0.353 e. The first-order chi connectivity index (χ1) is 13.8. The van der Waals surface area contributed by atoms with Gasteiger partial charge in [-0.05, 0) is 30.5 Å². The third-order valence-electron chi connectivity index (χ3n) is 5.09. The van der Waals surface area contributed by atoms with Crippen molar-refractivity contribution in [3.8, 4) is 11.4 Å². The maximum atomic E-state index is 4.97. The molecule has 0 aliphatic carbocycles. The van der Waals surface area contributed by atoms with Gasteiger partial charge in [0, 0.05) is 54.4 Å². The fourth-order valence-corrected chi connectivity index (χ4v) is 4.89. The third kappa shape index (κ3) is 3.53. The average molecular weight is 408 g/mol. The summed E-state index contributed by atoms with van der Waals surface area (Å²) >= 11 is 3.41. The highest BCUT2D eigenvalue weighted by Gasteiger charge is 2.21. The van der Waals surface area contributed by atoms with E-state index in [9.17, 15) is 0 Å². The van der Waals surface area contributed by atoms with Gasteiger partial charge >= 0.3 is 0 Å². The molecule has 0 atom stereocenters. The molecule has 1 saturated heterocycles. The van der Waals surface area contributed by atoms with E-state index in [1.165, 1.54) is 5.69 Å². The Bertz CT molecular complexity index is 1080. The molecule has 4 aromatic rings. The van der Waals surface area contributed by atoms with Crippen LogP contribution in [0.15, 0.2) is 46.5 Å². The number of thiazole rings is 1. The second-order valence-electron chi connectivity index (χ2n) is 7.02. The molecule has 0 radical (unpaired) electrons. The Balaban J connectivity index is 1.40. The molecule has 0 N–H and O–H groups in total. The van der Waals surface area contributed by atoms with Crippen LogP contribution in [0.4, 0.5) is 5.82 Å². The number of hydrogen-bond donors (Lipinski definition) is 0. The number of benzene rings is 1. The zero-order valence-corrected chi connectivity index (χ0v) is 17.3. The van der Waals surface area contributed by atoms with Crippen LogP contribution >= 0.6 is 22.7 Å². The van der Waals surface area contributed by atoms with Gasteiger partial charge in [-0.25, -0.2) is 15.0 Å². The summed E-state index contributed by atoms with van der Waals surface area (Å²) in [5.74, 6) is 1.87. The van der Waals surface area contributed by atoms with Gasteiger partial charge in [0.1, 0.15) is 5.82 Å². The molecule has 3 aromatic heterocycles. The largest absolute Gasteiger partial charge is 0.353 e. The summed E-state index contributed by atoms with van der Waals surface area (Å²) in [5.41, 5.74) is 3.28. The summed E-state index contributed by atoms with van der Waals surface area (Å²) in [6, 6.07) is 10.4. The Morgan fingerprint density at radius 1 is 0.964 bits per heavy atom. The zero-order chi connectivity index (χ0) is 18.9. The van der Waals surface area contributed by atoms with Gasteiger partial charge in [0.25, 0.3) is 0 Å². The van der Waals surface area contributed by atoms with E-state index in [0.29, 0.717) is 0 Å². The summed E-state index contributed by atoms with van der Waals surface area (Å²) in [4.78, 5) is 19.3. The molecule has 1 aromatic carbocycles. The number of rotatable bonds is 4. The number of hydrogen-bond acceptors (Lipinski definition) is 7. The summed E-state index contributed by atoms with van der Waals surface area (Å²) in [5, 5.41) is 8.63. The first-order valence-electron chi connectivity index (χ1n) is 9.44. The molecular weight excluding hydrogens is 386 g/mol. The van der Waals surface area contributed by atoms with E-state index in [0.717, 1.165) is 65.8 Å². The number of anilines is 1. The lowest BCUT2D eigenvalue weighted by Crippen LogP contribution is -2.46. The molecule has 0 spiro atoms. The molecule has 7 heteroatoms. The molecule has 0 bridgehead atoms. The van der Waals surface area contributed by atoms with Gasteiger partial charge in [0.15, 0.2) is 5.82 Å². The molecule has 142 valence electrons. The molecule has 5 rings (SSSR count). The van der Waals surface area contributed by atoms with Crippen molar-refractivity contribution < 1.29 is 0 Å². The molecule has 0 amide bonds. The van der Waals surface area contributed by atoms with Crippen molar-refractivity contribution in [3.63, 3.8) is 0 Å². The minimum atomic E-state index is 0.815. The SMILES string of the molecule is Cc1nc(CN2CCN(c3nc(-c4ccsc4)nc4ccccc34)CC2)cs1. The molecule has 5 nitrogen and oxygen atoms in total. The number of nitrogens with zero attached hydrogens (tertiary/aromatic N) is 5. The van der Waals surface area contributed by atoms with E-state index in [1.54, 1.807) is 22.7 Å². The van der Waals surface area contributed by atoms with E-state index >= 15 is 0 Å². The smallest absolute Gasteiger partial charge is 0.162 e. The lowest BCUT2D eigenvalue weighted by Gasteiger charge is -2.35. The maximum Gasteiger partial charge on any atom is 0.162 e. The lowest BCUT2D eigenvalue weighted by atomic mass is 10.2. The number of para-hydroxylation sites is 1. The highest BCUT2D eigenvalue weighted by molar-refractivity contribution is 7.09. The van der Waals surface area contributed by atoms with Crippen molar-refractivity contribution in [1.29, 1.82) is 0 Å². The second kappa shape index (κ2) is 7.58. The summed E-state index contributed by atoms with van der Waals surface area (Å²) in [6.07, 6.45) is 0. The first kappa shape index (κ1) is 17.7. The Morgan fingerprint density at radius 2 is 1.82 bits per heavy atom. The van der Waals surface area contributed by atoms with Crippen LogP contribution in [-0.2, 0) is 6.54 Å². The lowest BCUT2D eigenvalue weighted by molar-refractivity contribution is 0.247. The molecular formula is C21H21N5S2. The van der Waals surface area contributed by atoms with Crippen LogP contribution in [0.1, 0.15) is 10.7 Å². The van der Waals surface area contributed by atoms with Crippen LogP contribution in [0.2, 0.25) is 0 Å². The van der Waals surface area contributed by atoms with Crippen molar-refractivity contribution in [2.75, 3.05) is 31.1 Å². The van der Waals surface area contributed by atoms with Gasteiger partial charge < -0.3 is 4.90 Å². The number of fused-ring (bicyclic) bond motifs is 1. The zero-order valence-electron chi connectivity index (χ0n) is 15.7. The van der Waals surface area contributed by atoms with E-state index in [1.807, 2.05) is 6.07 Å². The van der Waals surface area contributed by atoms with Crippen LogP contribution in [0.25, 0.3) is 22.3 Å². The van der Waals surface area contributed by atoms with Crippen molar-refractivity contribution in [2.45, 2.75) is 13.5 Å². The summed E-state index contributed by atoms with van der Waals surface area (Å²) in [6.45, 7) is 6.96. The van der Waals surface area contributed by atoms with Crippen LogP contribution < -0.4 is 4.90 Å². The van der Waals surface area contributed by atoms with Crippen molar-refractivity contribution in [2.24, 2.45) is 0 Å². The van der Waals surface area contributed by atoms with E-state index in [2.05, 4.69) is 62.1 Å². The van der Waals surface area contributed by atoms with Gasteiger partial charge in [-0.2, -0.15) is 11.3 Å². The predicted molar refractivity (Wildman–Crippen MR) is 117 cm³/mol. The molecule has 1 fully saturated rings. The molecule has 1 aliphatic heterocycles. The van der Waals surface area contributed by atoms with Crippen LogP contribution in [0.3, 0.4) is 0 Å². The van der Waals surface area contributed by atoms with Gasteiger partial charge in [-0.3, -0.25) is 4.90 Å². The predicted octanol–water partition coefficient (Wildman–Crippen LogP) is 4.45. The number of thiophene rings is 1. The van der Waals surface area contributed by atoms with E-state index in [4.69, 9.17) is 9.97 Å². The van der Waals surface area contributed by atoms with Crippen molar-refractivity contribution >= 4 is 39.4 Å². The fraction of sp³-hybridized carbons (Fsp3) is 0.286. The third-order valence-corrected chi connectivity index (χ3v) is 6.59. The quantitative estimate of drug-likeness (QED) is 0.500. The Morgan fingerprint density at radius 3 is 2.57 bits per heavy atom. The number of aryl methyl sites for hydroxylation is 1. The standard InChI is InChI=1S/C21H21N5S2/c1-15-22-17(14-28-15)12-25-7-9-26(10-8-25)21-18-4-2-3-5-19(18)23-20(24-21)16-6-11-27-13-16/h2-6,11,13-14H,7-10,12H2,1H3. The Hall–Kier alpha value is -2.35. The molecule has 0 saturated carbocycles. The summed E-state index contributed by atoms with van der Waals surface area (Å²) < 4.78 is 0. The Kier molecular flexibility index (Phi) is 4.80. The summed E-state index contributed by atoms with van der Waals surface area (Å²) in [7, 11) is 0. The van der Waals surface area contributed by atoms with Gasteiger partial charge in [0.2, 0.25) is 0 Å². The molecule has 1 aliphatic rings. The topological polar surface area (TPSA) is 45.2 Å². The van der Waals surface area contributed by atoms with Gasteiger partial charge in [-0.1, -0.05) is 12.1 Å². The number of piperazine rings is 1. The highest BCUT2D eigenvalue weighted by atomic mass is 32.1. The molecule has 0 unspecified atom stereocenters. The van der Waals surface area contributed by atoms with Crippen molar-refractivity contribution in [1.82, 2.24) is 19.9 Å². The minimum absolute atomic E-state index is 0.815. The van der Waals surface area contributed by atoms with Crippen LogP contribution in [-0.4, -0.2) is 46.0 Å². The van der Waals surface area contributed by atoms with Gasteiger partial charge in [-0.15, -0.1) is 11.3 Å². The van der Waals surface area contributed by atoms with Crippen LogP contribution in [0.5, 0.6) is 0 Å². The molecule has 28 heavy (non-hydrogen) atoms. The monoisotopic (exact) mass is 407 g/mol. The second-order valence-corrected chi connectivity index (χ2v) is 8.86. The Labute approximate surface area is 172 Å². The first-order valence-corrected chi connectivity index (χ1v) is 11.3. The van der Waals surface area contributed by atoms with E-state index < -0.39 is 0 Å². The number of aromatic nitrogens is 3. The highest BCUT2D eigenvalue weighted by Crippen LogP contribution is 2.29. The molecule has 4 heterocycles. The fourth-order valence-electron chi connectivity index (χ4n) is 3.65. The average Bonchev–Trinajstić information content (AvgIpc) is 3.40. The van der Waals surface area contributed by atoms with Crippen molar-refractivity contribution in [3.05, 3.63) is 57.2 Å². The van der Waals surface area contributed by atoms with E-state index in [-0.39, 0.29) is 0 Å². The van der Waals surface area contributed by atoms with Crippen LogP contribution in [0, 0.1) is 6.92 Å².